The van der Waals surface area contributed by atoms with E-state index in [1.54, 1.807) is 0 Å². The van der Waals surface area contributed by atoms with Crippen LogP contribution in [0.4, 0.5) is 0 Å². The molecule has 0 spiro atoms. The molecule has 240 valence electrons. The molecule has 0 unspecified atom stereocenters. The monoisotopic (exact) mass is 653 g/mol. The Hall–Kier alpha value is -6.78. The van der Waals surface area contributed by atoms with E-state index < -0.39 is 5.41 Å². The summed E-state index contributed by atoms with van der Waals surface area (Å²) >= 11 is 0. The van der Waals surface area contributed by atoms with Gasteiger partial charge >= 0.3 is 0 Å². The maximum Gasteiger partial charge on any atom is 0.128 e. The number of benzene rings is 6. The Balaban J connectivity index is 1.05. The van der Waals surface area contributed by atoms with Gasteiger partial charge in [0.2, 0.25) is 0 Å². The van der Waals surface area contributed by atoms with Crippen molar-refractivity contribution in [3.8, 4) is 39.6 Å². The zero-order valence-electron chi connectivity index (χ0n) is 27.6. The van der Waals surface area contributed by atoms with Gasteiger partial charge in [-0.3, -0.25) is 9.97 Å². The van der Waals surface area contributed by atoms with Gasteiger partial charge in [0.15, 0.2) is 0 Å². The highest BCUT2D eigenvalue weighted by Crippen LogP contribution is 2.55. The number of fused-ring (bicyclic) bond motifs is 6. The Bertz CT molecular complexity index is 2650. The van der Waals surface area contributed by atoms with Crippen LogP contribution in [-0.4, -0.2) is 14.5 Å². The van der Waals surface area contributed by atoms with Crippen molar-refractivity contribution < 1.29 is 4.74 Å². The first-order chi connectivity index (χ1) is 25.3. The summed E-state index contributed by atoms with van der Waals surface area (Å²) < 4.78 is 8.98. The van der Waals surface area contributed by atoms with E-state index in [0.29, 0.717) is 0 Å². The van der Waals surface area contributed by atoms with Crippen LogP contribution in [0.5, 0.6) is 11.5 Å². The molecule has 3 heterocycles. The van der Waals surface area contributed by atoms with E-state index in [1.807, 2.05) is 36.7 Å². The molecule has 0 N–H and O–H groups in total. The van der Waals surface area contributed by atoms with Gasteiger partial charge in [0.1, 0.15) is 11.5 Å². The number of rotatable bonds is 6. The van der Waals surface area contributed by atoms with Crippen LogP contribution in [0.3, 0.4) is 0 Å². The second kappa shape index (κ2) is 11.7. The van der Waals surface area contributed by atoms with E-state index in [1.165, 1.54) is 44.1 Å². The quantitative estimate of drug-likeness (QED) is 0.179. The number of nitrogens with zero attached hydrogens (tertiary/aromatic N) is 3. The van der Waals surface area contributed by atoms with Gasteiger partial charge in [0.05, 0.1) is 27.8 Å². The Morgan fingerprint density at radius 3 is 1.80 bits per heavy atom. The zero-order chi connectivity index (χ0) is 33.8. The lowest BCUT2D eigenvalue weighted by Crippen LogP contribution is -2.29. The van der Waals surface area contributed by atoms with Crippen LogP contribution in [0.25, 0.3) is 49.9 Å². The molecule has 0 radical (unpaired) electrons. The number of para-hydroxylation sites is 2. The summed E-state index contributed by atoms with van der Waals surface area (Å²) in [6.07, 6.45) is 3.77. The van der Waals surface area contributed by atoms with Crippen molar-refractivity contribution in [1.82, 2.24) is 14.5 Å². The molecule has 3 aromatic heterocycles. The highest BCUT2D eigenvalue weighted by Gasteiger charge is 2.47. The van der Waals surface area contributed by atoms with Gasteiger partial charge in [-0.25, -0.2) is 0 Å². The largest absolute Gasteiger partial charge is 0.457 e. The minimum atomic E-state index is -0.590. The van der Waals surface area contributed by atoms with Gasteiger partial charge in [-0.2, -0.15) is 0 Å². The first-order valence-corrected chi connectivity index (χ1v) is 17.2. The average molecular weight is 654 g/mol. The Morgan fingerprint density at radius 2 is 1.10 bits per heavy atom. The van der Waals surface area contributed by atoms with E-state index in [2.05, 4.69) is 156 Å². The molecular formula is C47H31N3O. The molecule has 51 heavy (non-hydrogen) atoms. The predicted molar refractivity (Wildman–Crippen MR) is 206 cm³/mol. The third-order valence-electron chi connectivity index (χ3n) is 10.2. The molecule has 9 aromatic rings. The second-order valence-corrected chi connectivity index (χ2v) is 13.0. The molecule has 0 saturated heterocycles. The summed E-state index contributed by atoms with van der Waals surface area (Å²) in [6.45, 7) is 0. The van der Waals surface area contributed by atoms with Crippen molar-refractivity contribution in [2.24, 2.45) is 0 Å². The molecule has 0 bridgehead atoms. The number of pyridine rings is 2. The summed E-state index contributed by atoms with van der Waals surface area (Å²) in [7, 11) is 0. The Morgan fingerprint density at radius 1 is 0.471 bits per heavy atom. The summed E-state index contributed by atoms with van der Waals surface area (Å²) in [6, 6.07) is 61.6. The molecule has 4 nitrogen and oxygen atoms in total. The van der Waals surface area contributed by atoms with Crippen LogP contribution in [-0.2, 0) is 5.41 Å². The highest BCUT2D eigenvalue weighted by atomic mass is 16.5. The fraction of sp³-hybridized carbons (Fsp3) is 0.0213. The van der Waals surface area contributed by atoms with Crippen LogP contribution in [0.1, 0.15) is 22.4 Å². The normalized spacial score (nSPS) is 12.9. The number of ether oxygens (including phenoxy) is 1. The summed E-state index contributed by atoms with van der Waals surface area (Å²) in [5.41, 5.74) is 11.7. The number of aromatic nitrogens is 3. The van der Waals surface area contributed by atoms with Crippen molar-refractivity contribution >= 4 is 21.8 Å². The van der Waals surface area contributed by atoms with Crippen LogP contribution in [0, 0.1) is 0 Å². The Labute approximate surface area is 295 Å². The minimum absolute atomic E-state index is 0.590. The van der Waals surface area contributed by atoms with Crippen molar-refractivity contribution in [1.29, 1.82) is 0 Å². The lowest BCUT2D eigenvalue weighted by molar-refractivity contribution is 0.481. The molecule has 0 amide bonds. The van der Waals surface area contributed by atoms with E-state index in [9.17, 15) is 0 Å². The van der Waals surface area contributed by atoms with E-state index >= 15 is 0 Å². The van der Waals surface area contributed by atoms with Crippen molar-refractivity contribution in [3.63, 3.8) is 0 Å². The first kappa shape index (κ1) is 29.2. The minimum Gasteiger partial charge on any atom is -0.457 e. The molecule has 1 aliphatic rings. The van der Waals surface area contributed by atoms with Gasteiger partial charge in [-0.05, 0) is 88.5 Å². The lowest BCUT2D eigenvalue weighted by Gasteiger charge is -2.32. The van der Waals surface area contributed by atoms with E-state index in [-0.39, 0.29) is 0 Å². The van der Waals surface area contributed by atoms with Crippen LogP contribution in [0.15, 0.2) is 188 Å². The summed E-state index contributed by atoms with van der Waals surface area (Å²) in [4.78, 5) is 9.78. The zero-order valence-corrected chi connectivity index (χ0v) is 27.6. The summed E-state index contributed by atoms with van der Waals surface area (Å²) in [5.74, 6) is 1.50. The second-order valence-electron chi connectivity index (χ2n) is 13.0. The standard InChI is InChI=1S/C47H31N3O/c1-5-21-41-37(17-1)38-18-2-6-22-42(38)47(41,46-25-9-10-27-49-46)33-14-12-16-36(30-33)51-35-15-11-13-32(29-35)43-31-34(26-28-48-43)50-44-23-7-3-19-39(44)40-20-4-8-24-45(40)50/h1-31H. The molecule has 0 aliphatic heterocycles. The highest BCUT2D eigenvalue weighted by molar-refractivity contribution is 6.09. The topological polar surface area (TPSA) is 39.9 Å². The lowest BCUT2D eigenvalue weighted by atomic mass is 9.70. The summed E-state index contributed by atoms with van der Waals surface area (Å²) in [5, 5.41) is 2.47. The van der Waals surface area contributed by atoms with Crippen LogP contribution >= 0.6 is 0 Å². The number of hydrogen-bond donors (Lipinski definition) is 0. The molecule has 6 aromatic carbocycles. The van der Waals surface area contributed by atoms with Crippen molar-refractivity contribution in [2.45, 2.75) is 5.41 Å². The van der Waals surface area contributed by atoms with Gasteiger partial charge in [0.25, 0.3) is 0 Å². The third kappa shape index (κ3) is 4.54. The molecule has 0 fully saturated rings. The molecular weight excluding hydrogens is 623 g/mol. The van der Waals surface area contributed by atoms with Gasteiger partial charge < -0.3 is 9.30 Å². The van der Waals surface area contributed by atoms with Crippen LogP contribution < -0.4 is 4.74 Å². The molecule has 1 aliphatic carbocycles. The SMILES string of the molecule is c1ccc(C2(c3cccc(Oc4cccc(-c5cc(-n6c7ccccc7c7ccccc76)ccn5)c4)c3)c3ccccc3-c3ccccc32)nc1. The van der Waals surface area contributed by atoms with Crippen molar-refractivity contribution in [3.05, 3.63) is 211 Å². The Kier molecular flexibility index (Phi) is 6.68. The predicted octanol–water partition coefficient (Wildman–Crippen LogP) is 11.4. The number of hydrogen-bond acceptors (Lipinski definition) is 3. The molecule has 4 heteroatoms. The van der Waals surface area contributed by atoms with E-state index in [0.717, 1.165) is 39.7 Å². The average Bonchev–Trinajstić information content (AvgIpc) is 3.70. The fourth-order valence-corrected chi connectivity index (χ4v) is 8.12. The molecule has 0 atom stereocenters. The molecule has 0 saturated carbocycles. The van der Waals surface area contributed by atoms with Gasteiger partial charge in [-0.1, -0.05) is 115 Å². The fourth-order valence-electron chi connectivity index (χ4n) is 8.12. The van der Waals surface area contributed by atoms with Gasteiger partial charge in [0, 0.05) is 34.4 Å². The molecule has 10 rings (SSSR count). The first-order valence-electron chi connectivity index (χ1n) is 17.2. The third-order valence-corrected chi connectivity index (χ3v) is 10.2. The smallest absolute Gasteiger partial charge is 0.128 e. The van der Waals surface area contributed by atoms with E-state index in [4.69, 9.17) is 14.7 Å². The van der Waals surface area contributed by atoms with Crippen LogP contribution in [0.2, 0.25) is 0 Å². The van der Waals surface area contributed by atoms with Gasteiger partial charge in [-0.15, -0.1) is 0 Å². The maximum atomic E-state index is 6.66. The maximum absolute atomic E-state index is 6.66. The van der Waals surface area contributed by atoms with Crippen molar-refractivity contribution in [2.75, 3.05) is 0 Å².